The second-order valence-electron chi connectivity index (χ2n) is 3.63. The van der Waals surface area contributed by atoms with Crippen molar-refractivity contribution >= 4 is 23.4 Å². The number of ketones is 1. The van der Waals surface area contributed by atoms with Crippen LogP contribution in [0.2, 0.25) is 5.02 Å². The first-order chi connectivity index (χ1) is 8.99. The molecule has 0 bridgehead atoms. The molecule has 0 fully saturated rings. The van der Waals surface area contributed by atoms with Gasteiger partial charge in [0.25, 0.3) is 0 Å². The third-order valence-corrected chi connectivity index (χ3v) is 2.58. The third-order valence-electron chi connectivity index (χ3n) is 2.28. The van der Waals surface area contributed by atoms with Crippen LogP contribution >= 0.6 is 11.6 Å². The van der Waals surface area contributed by atoms with Crippen LogP contribution in [0.4, 0.5) is 0 Å². The lowest BCUT2D eigenvalue weighted by atomic mass is 10.1. The predicted molar refractivity (Wildman–Crippen MR) is 70.1 cm³/mol. The largest absolute Gasteiger partial charge is 0.495 e. The first-order valence-corrected chi connectivity index (χ1v) is 6.04. The van der Waals surface area contributed by atoms with Crippen molar-refractivity contribution in [3.05, 3.63) is 22.7 Å². The number of halogens is 1. The van der Waals surface area contributed by atoms with Gasteiger partial charge in [-0.2, -0.15) is 0 Å². The molecule has 0 aliphatic rings. The molecule has 0 aliphatic carbocycles. The van der Waals surface area contributed by atoms with E-state index in [1.54, 1.807) is 6.92 Å². The normalized spacial score (nSPS) is 9.89. The summed E-state index contributed by atoms with van der Waals surface area (Å²) in [6.45, 7) is 3.07. The van der Waals surface area contributed by atoms with Crippen LogP contribution < -0.4 is 9.47 Å². The Bertz CT molecular complexity index is 484. The molecule has 0 aromatic heterocycles. The quantitative estimate of drug-likeness (QED) is 0.594. The SMILES string of the molecule is CCOC(=O)COc1cc(Cl)c(OC)cc1C(C)=O. The van der Waals surface area contributed by atoms with Crippen LogP contribution in [0.1, 0.15) is 24.2 Å². The molecule has 0 unspecified atom stereocenters. The van der Waals surface area contributed by atoms with Crippen molar-refractivity contribution in [3.8, 4) is 11.5 Å². The van der Waals surface area contributed by atoms with E-state index < -0.39 is 5.97 Å². The van der Waals surface area contributed by atoms with Gasteiger partial charge in [0.2, 0.25) is 0 Å². The van der Waals surface area contributed by atoms with E-state index >= 15 is 0 Å². The Labute approximate surface area is 116 Å². The van der Waals surface area contributed by atoms with E-state index in [-0.39, 0.29) is 24.7 Å². The lowest BCUT2D eigenvalue weighted by Crippen LogP contribution is -2.15. The smallest absolute Gasteiger partial charge is 0.344 e. The minimum Gasteiger partial charge on any atom is -0.495 e. The Hall–Kier alpha value is -1.75. The average molecular weight is 287 g/mol. The van der Waals surface area contributed by atoms with Gasteiger partial charge in [0.15, 0.2) is 12.4 Å². The summed E-state index contributed by atoms with van der Waals surface area (Å²) >= 11 is 5.95. The van der Waals surface area contributed by atoms with Crippen LogP contribution in [-0.2, 0) is 9.53 Å². The number of esters is 1. The number of benzene rings is 1. The molecule has 1 aromatic carbocycles. The van der Waals surface area contributed by atoms with Crippen LogP contribution in [-0.4, -0.2) is 32.1 Å². The number of rotatable bonds is 6. The summed E-state index contributed by atoms with van der Waals surface area (Å²) in [7, 11) is 1.45. The first kappa shape index (κ1) is 15.3. The Morgan fingerprint density at radius 2 is 1.95 bits per heavy atom. The minimum absolute atomic E-state index is 0.214. The fourth-order valence-corrected chi connectivity index (χ4v) is 1.66. The molecule has 0 atom stereocenters. The van der Waals surface area contributed by atoms with Crippen molar-refractivity contribution in [1.29, 1.82) is 0 Å². The number of hydrogen-bond acceptors (Lipinski definition) is 5. The molecular formula is C13H15ClO5. The van der Waals surface area contributed by atoms with Crippen LogP contribution in [0.3, 0.4) is 0 Å². The highest BCUT2D eigenvalue weighted by atomic mass is 35.5. The highest BCUT2D eigenvalue weighted by molar-refractivity contribution is 6.32. The molecule has 1 rings (SSSR count). The summed E-state index contributed by atoms with van der Waals surface area (Å²) in [5, 5.41) is 0.298. The van der Waals surface area contributed by atoms with Gasteiger partial charge in [-0.1, -0.05) is 11.6 Å². The summed E-state index contributed by atoms with van der Waals surface area (Å²) in [5.41, 5.74) is 0.297. The van der Waals surface area contributed by atoms with Crippen molar-refractivity contribution in [3.63, 3.8) is 0 Å². The van der Waals surface area contributed by atoms with E-state index in [1.165, 1.54) is 26.2 Å². The second-order valence-corrected chi connectivity index (χ2v) is 4.04. The van der Waals surface area contributed by atoms with Gasteiger partial charge in [-0.25, -0.2) is 4.79 Å². The molecule has 0 spiro atoms. The molecule has 6 heteroatoms. The van der Waals surface area contributed by atoms with E-state index in [9.17, 15) is 9.59 Å². The van der Waals surface area contributed by atoms with Gasteiger partial charge in [0, 0.05) is 6.07 Å². The molecule has 0 heterocycles. The molecule has 0 aliphatic heterocycles. The molecule has 19 heavy (non-hydrogen) atoms. The fourth-order valence-electron chi connectivity index (χ4n) is 1.43. The maximum atomic E-state index is 11.5. The van der Waals surface area contributed by atoms with Crippen molar-refractivity contribution in [2.75, 3.05) is 20.3 Å². The summed E-state index contributed by atoms with van der Waals surface area (Å²) < 4.78 is 15.0. The topological polar surface area (TPSA) is 61.8 Å². The zero-order valence-electron chi connectivity index (χ0n) is 11.0. The van der Waals surface area contributed by atoms with Crippen LogP contribution in [0.15, 0.2) is 12.1 Å². The molecule has 0 saturated carbocycles. The lowest BCUT2D eigenvalue weighted by molar-refractivity contribution is -0.145. The zero-order valence-corrected chi connectivity index (χ0v) is 11.7. The molecule has 0 amide bonds. The number of hydrogen-bond donors (Lipinski definition) is 0. The molecule has 0 saturated heterocycles. The number of ether oxygens (including phenoxy) is 3. The standard InChI is InChI=1S/C13H15ClO5/c1-4-18-13(16)7-19-11-6-10(14)12(17-3)5-9(11)8(2)15/h5-6H,4,7H2,1-3H3. The monoisotopic (exact) mass is 286 g/mol. The van der Waals surface area contributed by atoms with Gasteiger partial charge in [-0.05, 0) is 19.9 Å². The number of Topliss-reactive ketones (excluding diaryl/α,β-unsaturated/α-hetero) is 1. The maximum absolute atomic E-state index is 11.5. The maximum Gasteiger partial charge on any atom is 0.344 e. The Kier molecular flexibility index (Phi) is 5.63. The van der Waals surface area contributed by atoms with Gasteiger partial charge in [0.05, 0.1) is 24.3 Å². The number of carbonyl (C=O) groups excluding carboxylic acids is 2. The van der Waals surface area contributed by atoms with Gasteiger partial charge in [0.1, 0.15) is 11.5 Å². The highest BCUT2D eigenvalue weighted by Crippen LogP contribution is 2.32. The Morgan fingerprint density at radius 1 is 1.26 bits per heavy atom. The third kappa shape index (κ3) is 4.13. The van der Waals surface area contributed by atoms with Gasteiger partial charge in [-0.15, -0.1) is 0 Å². The fraction of sp³-hybridized carbons (Fsp3) is 0.385. The number of methoxy groups -OCH3 is 1. The lowest BCUT2D eigenvalue weighted by Gasteiger charge is -2.12. The van der Waals surface area contributed by atoms with E-state index in [1.807, 2.05) is 0 Å². The summed E-state index contributed by atoms with van der Waals surface area (Å²) in [6.07, 6.45) is 0. The van der Waals surface area contributed by atoms with E-state index in [4.69, 9.17) is 25.8 Å². The number of carbonyl (C=O) groups is 2. The van der Waals surface area contributed by atoms with E-state index in [2.05, 4.69) is 0 Å². The molecular weight excluding hydrogens is 272 g/mol. The van der Waals surface area contributed by atoms with Crippen molar-refractivity contribution < 1.29 is 23.8 Å². The predicted octanol–water partition coefficient (Wildman–Crippen LogP) is 2.49. The van der Waals surface area contributed by atoms with Crippen LogP contribution in [0, 0.1) is 0 Å². The second kappa shape index (κ2) is 6.99. The molecule has 0 N–H and O–H groups in total. The van der Waals surface area contributed by atoms with Gasteiger partial charge in [-0.3, -0.25) is 4.79 Å². The van der Waals surface area contributed by atoms with E-state index in [0.29, 0.717) is 16.3 Å². The van der Waals surface area contributed by atoms with Crippen LogP contribution in [0.25, 0.3) is 0 Å². The minimum atomic E-state index is -0.510. The summed E-state index contributed by atoms with van der Waals surface area (Å²) in [5.74, 6) is -0.125. The van der Waals surface area contributed by atoms with Crippen LogP contribution in [0.5, 0.6) is 11.5 Å². The first-order valence-electron chi connectivity index (χ1n) is 5.66. The average Bonchev–Trinajstić information content (AvgIpc) is 2.36. The van der Waals surface area contributed by atoms with Crippen molar-refractivity contribution in [1.82, 2.24) is 0 Å². The molecule has 5 nitrogen and oxygen atoms in total. The highest BCUT2D eigenvalue weighted by Gasteiger charge is 2.15. The molecule has 1 aromatic rings. The summed E-state index contributed by atoms with van der Waals surface area (Å²) in [6, 6.07) is 2.92. The zero-order chi connectivity index (χ0) is 14.4. The summed E-state index contributed by atoms with van der Waals surface area (Å²) in [4.78, 5) is 22.7. The van der Waals surface area contributed by atoms with Crippen molar-refractivity contribution in [2.45, 2.75) is 13.8 Å². The Balaban J connectivity index is 2.95. The molecule has 0 radical (unpaired) electrons. The van der Waals surface area contributed by atoms with Gasteiger partial charge >= 0.3 is 5.97 Å². The molecule has 104 valence electrons. The van der Waals surface area contributed by atoms with Crippen molar-refractivity contribution in [2.24, 2.45) is 0 Å². The van der Waals surface area contributed by atoms with Gasteiger partial charge < -0.3 is 14.2 Å². The van der Waals surface area contributed by atoms with E-state index in [0.717, 1.165) is 0 Å². The Morgan fingerprint density at radius 3 is 2.47 bits per heavy atom.